The standard InChI is InChI=1S/C9H18O4S2/c1-14-6-7-15-5-4-12-2-3-13-8-9(10)11/h2-8H2,1H3,(H,10,11). The molecule has 0 atom stereocenters. The van der Waals surface area contributed by atoms with Crippen LogP contribution in [0.15, 0.2) is 0 Å². The van der Waals surface area contributed by atoms with Gasteiger partial charge in [0.05, 0.1) is 19.8 Å². The first-order valence-corrected chi connectivity index (χ1v) is 7.26. The van der Waals surface area contributed by atoms with E-state index in [1.807, 2.05) is 23.5 Å². The molecule has 0 amide bonds. The van der Waals surface area contributed by atoms with Gasteiger partial charge in [-0.3, -0.25) is 0 Å². The monoisotopic (exact) mass is 254 g/mol. The summed E-state index contributed by atoms with van der Waals surface area (Å²) in [6.45, 7) is 1.28. The fourth-order valence-corrected chi connectivity index (χ4v) is 2.32. The summed E-state index contributed by atoms with van der Waals surface area (Å²) in [5.41, 5.74) is 0. The number of thioether (sulfide) groups is 2. The molecule has 0 radical (unpaired) electrons. The zero-order valence-corrected chi connectivity index (χ0v) is 10.6. The van der Waals surface area contributed by atoms with E-state index in [0.717, 1.165) is 11.5 Å². The van der Waals surface area contributed by atoms with Gasteiger partial charge in [0.25, 0.3) is 0 Å². The Morgan fingerprint density at radius 1 is 1.13 bits per heavy atom. The van der Waals surface area contributed by atoms with E-state index in [0.29, 0.717) is 19.8 Å². The van der Waals surface area contributed by atoms with Crippen molar-refractivity contribution in [1.82, 2.24) is 0 Å². The first kappa shape index (κ1) is 15.1. The molecule has 0 rings (SSSR count). The van der Waals surface area contributed by atoms with Crippen LogP contribution in [-0.4, -0.2) is 61.0 Å². The molecule has 0 aromatic rings. The van der Waals surface area contributed by atoms with Gasteiger partial charge >= 0.3 is 5.97 Å². The average molecular weight is 254 g/mol. The summed E-state index contributed by atoms with van der Waals surface area (Å²) in [6.07, 6.45) is 2.09. The molecule has 0 fully saturated rings. The molecule has 0 saturated heterocycles. The molecule has 0 aliphatic carbocycles. The van der Waals surface area contributed by atoms with Gasteiger partial charge in [0, 0.05) is 17.3 Å². The van der Waals surface area contributed by atoms with E-state index >= 15 is 0 Å². The minimum absolute atomic E-state index is 0.244. The summed E-state index contributed by atoms with van der Waals surface area (Å²) in [4.78, 5) is 10.1. The van der Waals surface area contributed by atoms with E-state index < -0.39 is 5.97 Å². The molecule has 0 aliphatic heterocycles. The van der Waals surface area contributed by atoms with Crippen LogP contribution in [0.5, 0.6) is 0 Å². The number of carboxylic acid groups (broad SMARTS) is 1. The Balaban J connectivity index is 2.89. The van der Waals surface area contributed by atoms with Gasteiger partial charge in [-0.1, -0.05) is 0 Å². The first-order valence-electron chi connectivity index (χ1n) is 4.71. The maximum atomic E-state index is 10.1. The van der Waals surface area contributed by atoms with Crippen molar-refractivity contribution in [2.45, 2.75) is 0 Å². The first-order chi connectivity index (χ1) is 7.27. The van der Waals surface area contributed by atoms with Gasteiger partial charge in [-0.15, -0.1) is 0 Å². The van der Waals surface area contributed by atoms with E-state index in [2.05, 4.69) is 6.26 Å². The lowest BCUT2D eigenvalue weighted by Crippen LogP contribution is -2.12. The molecule has 0 aliphatic rings. The molecule has 6 heteroatoms. The zero-order chi connectivity index (χ0) is 11.4. The van der Waals surface area contributed by atoms with Crippen LogP contribution in [0.2, 0.25) is 0 Å². The van der Waals surface area contributed by atoms with E-state index in [1.165, 1.54) is 5.75 Å². The minimum Gasteiger partial charge on any atom is -0.480 e. The van der Waals surface area contributed by atoms with Crippen molar-refractivity contribution in [2.24, 2.45) is 0 Å². The van der Waals surface area contributed by atoms with Gasteiger partial charge < -0.3 is 14.6 Å². The molecule has 0 saturated carbocycles. The molecular formula is C9H18O4S2. The predicted molar refractivity (Wildman–Crippen MR) is 65.0 cm³/mol. The maximum absolute atomic E-state index is 10.1. The highest BCUT2D eigenvalue weighted by molar-refractivity contribution is 8.02. The van der Waals surface area contributed by atoms with Gasteiger partial charge in [-0.25, -0.2) is 4.79 Å². The Kier molecular flexibility index (Phi) is 12.2. The number of carbonyl (C=O) groups is 1. The van der Waals surface area contributed by atoms with E-state index in [4.69, 9.17) is 14.6 Å². The van der Waals surface area contributed by atoms with Crippen molar-refractivity contribution in [3.63, 3.8) is 0 Å². The van der Waals surface area contributed by atoms with Crippen molar-refractivity contribution in [3.05, 3.63) is 0 Å². The van der Waals surface area contributed by atoms with Gasteiger partial charge in [-0.2, -0.15) is 23.5 Å². The SMILES string of the molecule is CSCCSCCOCCOCC(=O)O. The highest BCUT2D eigenvalue weighted by Gasteiger charge is 1.95. The highest BCUT2D eigenvalue weighted by atomic mass is 32.2. The van der Waals surface area contributed by atoms with Crippen LogP contribution in [0.25, 0.3) is 0 Å². The Labute approximate surface area is 99.1 Å². The van der Waals surface area contributed by atoms with Crippen LogP contribution < -0.4 is 0 Å². The third-order valence-electron chi connectivity index (χ3n) is 1.40. The van der Waals surface area contributed by atoms with Crippen LogP contribution in [0.4, 0.5) is 0 Å². The largest absolute Gasteiger partial charge is 0.480 e. The molecule has 15 heavy (non-hydrogen) atoms. The fraction of sp³-hybridized carbons (Fsp3) is 0.889. The second-order valence-electron chi connectivity index (χ2n) is 2.66. The summed E-state index contributed by atoms with van der Waals surface area (Å²) in [5.74, 6) is 2.37. The number of hydrogen-bond donors (Lipinski definition) is 1. The number of ether oxygens (including phenoxy) is 2. The molecule has 1 N–H and O–H groups in total. The lowest BCUT2D eigenvalue weighted by atomic mass is 10.7. The van der Waals surface area contributed by atoms with Crippen molar-refractivity contribution < 1.29 is 19.4 Å². The number of hydrogen-bond acceptors (Lipinski definition) is 5. The normalized spacial score (nSPS) is 10.5. The van der Waals surface area contributed by atoms with Crippen molar-refractivity contribution >= 4 is 29.5 Å². The van der Waals surface area contributed by atoms with Crippen LogP contribution >= 0.6 is 23.5 Å². The van der Waals surface area contributed by atoms with Gasteiger partial charge in [0.2, 0.25) is 0 Å². The van der Waals surface area contributed by atoms with Crippen LogP contribution in [0.1, 0.15) is 0 Å². The average Bonchev–Trinajstić information content (AvgIpc) is 2.20. The van der Waals surface area contributed by atoms with E-state index in [-0.39, 0.29) is 6.61 Å². The number of rotatable bonds is 11. The Morgan fingerprint density at radius 2 is 1.87 bits per heavy atom. The van der Waals surface area contributed by atoms with Crippen molar-refractivity contribution in [1.29, 1.82) is 0 Å². The molecule has 0 aromatic heterocycles. The third kappa shape index (κ3) is 14.1. The lowest BCUT2D eigenvalue weighted by molar-refractivity contribution is -0.142. The highest BCUT2D eigenvalue weighted by Crippen LogP contribution is 2.03. The molecule has 4 nitrogen and oxygen atoms in total. The van der Waals surface area contributed by atoms with Crippen LogP contribution in [-0.2, 0) is 14.3 Å². The number of aliphatic carboxylic acids is 1. The molecule has 0 aromatic carbocycles. The van der Waals surface area contributed by atoms with Crippen molar-refractivity contribution in [2.75, 3.05) is 49.9 Å². The summed E-state index contributed by atoms with van der Waals surface area (Å²) in [5, 5.41) is 8.27. The topological polar surface area (TPSA) is 55.8 Å². The smallest absolute Gasteiger partial charge is 0.329 e. The van der Waals surface area contributed by atoms with Gasteiger partial charge in [0.15, 0.2) is 0 Å². The molecule has 0 spiro atoms. The lowest BCUT2D eigenvalue weighted by Gasteiger charge is -2.04. The van der Waals surface area contributed by atoms with Crippen molar-refractivity contribution in [3.8, 4) is 0 Å². The number of carboxylic acids is 1. The predicted octanol–water partition coefficient (Wildman–Crippen LogP) is 1.20. The van der Waals surface area contributed by atoms with E-state index in [9.17, 15) is 4.79 Å². The molecule has 90 valence electrons. The van der Waals surface area contributed by atoms with Crippen LogP contribution in [0.3, 0.4) is 0 Å². The molecule has 0 bridgehead atoms. The Morgan fingerprint density at radius 3 is 2.53 bits per heavy atom. The molecule has 0 heterocycles. The second kappa shape index (κ2) is 12.2. The summed E-state index contributed by atoms with van der Waals surface area (Å²) in [6, 6.07) is 0. The summed E-state index contributed by atoms with van der Waals surface area (Å²) in [7, 11) is 0. The molecule has 0 unspecified atom stereocenters. The summed E-state index contributed by atoms with van der Waals surface area (Å²) >= 11 is 3.71. The maximum Gasteiger partial charge on any atom is 0.329 e. The second-order valence-corrected chi connectivity index (χ2v) is 4.87. The van der Waals surface area contributed by atoms with Gasteiger partial charge in [-0.05, 0) is 6.26 Å². The van der Waals surface area contributed by atoms with E-state index in [1.54, 1.807) is 0 Å². The zero-order valence-electron chi connectivity index (χ0n) is 8.94. The quantitative estimate of drug-likeness (QED) is 0.559. The Hall–Kier alpha value is 0.0900. The van der Waals surface area contributed by atoms with Gasteiger partial charge in [0.1, 0.15) is 6.61 Å². The summed E-state index contributed by atoms with van der Waals surface area (Å²) < 4.78 is 10.1. The fourth-order valence-electron chi connectivity index (χ4n) is 0.742. The minimum atomic E-state index is -0.942. The van der Waals surface area contributed by atoms with Crippen LogP contribution in [0, 0.1) is 0 Å². The third-order valence-corrected chi connectivity index (χ3v) is 3.22. The molecular weight excluding hydrogens is 236 g/mol. The Bertz CT molecular complexity index is 155.